The number of Topliss-reactive ketones (excluding diaryl/α,β-unsaturated/α-hetero) is 2. The molecule has 26 heteroatoms. The Balaban J connectivity index is 0.000000146. The summed E-state index contributed by atoms with van der Waals surface area (Å²) in [5.74, 6) is 5.92. The number of nitrogens with one attached hydrogen (secondary N) is 4. The Kier molecular flexibility index (Phi) is 32.4. The van der Waals surface area contributed by atoms with Crippen LogP contribution in [0.3, 0.4) is 0 Å². The molecule has 0 saturated heterocycles. The number of hydrogen-bond donors (Lipinski definition) is 4. The Labute approximate surface area is 807 Å². The zero-order valence-corrected chi connectivity index (χ0v) is 80.1. The maximum Gasteiger partial charge on any atom is 0.255 e. The average Bonchev–Trinajstić information content (AvgIpc) is 0.761. The van der Waals surface area contributed by atoms with E-state index in [0.29, 0.717) is 169 Å². The second-order valence-corrected chi connectivity index (χ2v) is 33.5. The number of carbonyl (C=O) groups excluding carboxylic acids is 3. The monoisotopic (exact) mass is 1890 g/mol. The van der Waals surface area contributed by atoms with E-state index in [9.17, 15) is 23.2 Å². The molecule has 0 fully saturated rings. The molecule has 0 saturated carbocycles. The zero-order valence-electron chi connectivity index (χ0n) is 79.4. The second-order valence-electron chi connectivity index (χ2n) is 33.1. The molecule has 3 aliphatic heterocycles. The molecule has 1 amide bonds. The van der Waals surface area contributed by atoms with Crippen LogP contribution in [0, 0.1) is 24.4 Å². The van der Waals surface area contributed by atoms with Crippen LogP contribution in [0.15, 0.2) is 237 Å². The Hall–Kier alpha value is -15.1. The summed E-state index contributed by atoms with van der Waals surface area (Å²) in [6, 6.07) is 61.4. The van der Waals surface area contributed by atoms with Gasteiger partial charge in [0.05, 0.1) is 107 Å². The number of halogens is 4. The predicted octanol–water partition coefficient (Wildman–Crippen LogP) is 24.8. The Bertz CT molecular complexity index is 6640. The lowest BCUT2D eigenvalue weighted by atomic mass is 9.76. The van der Waals surface area contributed by atoms with Crippen molar-refractivity contribution >= 4 is 73.4 Å². The third-order valence-corrected chi connectivity index (χ3v) is 25.4. The van der Waals surface area contributed by atoms with E-state index in [-0.39, 0.29) is 48.2 Å². The molecule has 18 rings (SSSR count). The van der Waals surface area contributed by atoms with Crippen molar-refractivity contribution < 1.29 is 98.6 Å². The number of aryl methyl sites for hydroxylation is 1. The third-order valence-electron chi connectivity index (χ3n) is 25.2. The first-order chi connectivity index (χ1) is 66.3. The first kappa shape index (κ1) is 100. The van der Waals surface area contributed by atoms with Crippen LogP contribution < -0.4 is 92.3 Å². The van der Waals surface area contributed by atoms with Crippen molar-refractivity contribution in [3.63, 3.8) is 0 Å². The molecule has 5 aliphatic rings. The number of carbonyl (C=O) groups is 3. The summed E-state index contributed by atoms with van der Waals surface area (Å²) < 4.78 is 127. The van der Waals surface area contributed by atoms with Crippen molar-refractivity contribution in [2.75, 3.05) is 128 Å². The minimum absolute atomic E-state index is 0. The normalized spacial score (nSPS) is 15.6. The van der Waals surface area contributed by atoms with Crippen molar-refractivity contribution in [2.45, 2.75) is 88.9 Å². The van der Waals surface area contributed by atoms with Crippen molar-refractivity contribution in [1.29, 1.82) is 0 Å². The number of ether oxygens (including phenoxy) is 15. The molecular weight excluding hydrogens is 1780 g/mol. The van der Waals surface area contributed by atoms with E-state index in [2.05, 4.69) is 108 Å². The predicted molar refractivity (Wildman–Crippen MR) is 536 cm³/mol. The highest BCUT2D eigenvalue weighted by atomic mass is 35.5. The van der Waals surface area contributed by atoms with E-state index in [1.54, 1.807) is 113 Å². The molecule has 138 heavy (non-hydrogen) atoms. The molecule has 5 unspecified atom stereocenters. The van der Waals surface area contributed by atoms with Gasteiger partial charge >= 0.3 is 0 Å². The summed E-state index contributed by atoms with van der Waals surface area (Å²) in [7, 11) is 23.6. The van der Waals surface area contributed by atoms with Gasteiger partial charge in [-0.15, -0.1) is 0 Å². The quantitative estimate of drug-likeness (QED) is 0.0493. The van der Waals surface area contributed by atoms with Gasteiger partial charge in [0.1, 0.15) is 29.0 Å². The Morgan fingerprint density at radius 1 is 0.348 bits per heavy atom. The van der Waals surface area contributed by atoms with Gasteiger partial charge in [-0.3, -0.25) is 14.4 Å². The van der Waals surface area contributed by atoms with Crippen LogP contribution in [0.5, 0.6) is 86.2 Å². The number of methoxy groups -OCH3 is 15. The van der Waals surface area contributed by atoms with Crippen molar-refractivity contribution in [2.24, 2.45) is 0 Å². The van der Waals surface area contributed by atoms with Crippen molar-refractivity contribution in [3.05, 3.63) is 337 Å². The maximum absolute atomic E-state index is 15.1. The molecule has 0 bridgehead atoms. The lowest BCUT2D eigenvalue weighted by Crippen LogP contribution is -2.21. The van der Waals surface area contributed by atoms with Gasteiger partial charge in [0.25, 0.3) is 5.91 Å². The number of amides is 1. The average molecular weight is 1900 g/mol. The Morgan fingerprint density at radius 3 is 1.20 bits per heavy atom. The largest absolute Gasteiger partial charge is 0.493 e. The van der Waals surface area contributed by atoms with Gasteiger partial charge in [-0.25, -0.2) is 13.2 Å². The van der Waals surface area contributed by atoms with Gasteiger partial charge in [-0.05, 0) is 165 Å². The van der Waals surface area contributed by atoms with E-state index in [4.69, 9.17) is 82.7 Å². The van der Waals surface area contributed by atoms with Crippen LogP contribution in [-0.2, 0) is 22.4 Å². The molecular formula is C112H114ClF3N4O18. The molecule has 0 aromatic heterocycles. The van der Waals surface area contributed by atoms with E-state index >= 15 is 4.39 Å². The number of ketones is 2. The molecule has 0 spiro atoms. The number of fused-ring (bicyclic) bond motifs is 7. The van der Waals surface area contributed by atoms with Crippen LogP contribution >= 0.6 is 11.6 Å². The third kappa shape index (κ3) is 20.5. The molecule has 0 radical (unpaired) electrons. The topological polar surface area (TPSA) is 238 Å². The van der Waals surface area contributed by atoms with E-state index in [1.165, 1.54) is 71.1 Å². The number of hydrogen-bond acceptors (Lipinski definition) is 21. The smallest absolute Gasteiger partial charge is 0.255 e. The van der Waals surface area contributed by atoms with Crippen LogP contribution in [0.2, 0.25) is 5.02 Å². The second kappa shape index (κ2) is 44.6. The summed E-state index contributed by atoms with van der Waals surface area (Å²) in [5.41, 5.74) is 17.2. The van der Waals surface area contributed by atoms with Crippen LogP contribution in [-0.4, -0.2) is 124 Å². The highest BCUT2D eigenvalue weighted by Gasteiger charge is 2.40. The summed E-state index contributed by atoms with van der Waals surface area (Å²) in [5, 5.41) is 18.1. The molecule has 2 aliphatic carbocycles. The van der Waals surface area contributed by atoms with Crippen LogP contribution in [0.4, 0.5) is 35.9 Å². The molecule has 22 nitrogen and oxygen atoms in total. The van der Waals surface area contributed by atoms with Gasteiger partial charge in [0.15, 0.2) is 57.5 Å². The highest BCUT2D eigenvalue weighted by Crippen LogP contribution is 2.59. The molecule has 4 N–H and O–H groups in total. The van der Waals surface area contributed by atoms with Crippen LogP contribution in [0.1, 0.15) is 152 Å². The SMILES string of the molecule is C.C=C1CC(c2cc(F)ccc2F)c2c(cc(OC)c(OC)c2OC)N1.C=C1CC(c2cc(NC(=O)c3ccccc3)ccc2F)c2c(cc(OC)c(OC)c2OC)N1.C=C1CC(c2ccc3ccccc3c2)c2c(cc(OC)c(OC)c2OC)N1.COc1cc2c(c(OC)c1OC)C(c1cc(Cl)ccc1C)CC(=O)C2.COc1cc2c(c(OC)c1OC)C(c1cccc3ccccc13)CC(=O)C2. The van der Waals surface area contributed by atoms with E-state index in [0.717, 1.165) is 96.5 Å². The van der Waals surface area contributed by atoms with Gasteiger partial charge in [-0.2, -0.15) is 0 Å². The first-order valence-corrected chi connectivity index (χ1v) is 44.5. The minimum Gasteiger partial charge on any atom is -0.493 e. The van der Waals surface area contributed by atoms with Gasteiger partial charge in [0.2, 0.25) is 28.7 Å². The summed E-state index contributed by atoms with van der Waals surface area (Å²) >= 11 is 6.22. The lowest BCUT2D eigenvalue weighted by Gasteiger charge is -2.32. The summed E-state index contributed by atoms with van der Waals surface area (Å²) in [4.78, 5) is 37.6. The Morgan fingerprint density at radius 2 is 0.732 bits per heavy atom. The summed E-state index contributed by atoms with van der Waals surface area (Å²) in [6.45, 7) is 14.2. The minimum atomic E-state index is -0.499. The fourth-order valence-corrected chi connectivity index (χ4v) is 19.4. The fraction of sp³-hybridized carbons (Fsp3) is 0.259. The van der Waals surface area contributed by atoms with Crippen molar-refractivity contribution in [3.8, 4) is 86.2 Å². The molecule has 13 aromatic carbocycles. The maximum atomic E-state index is 15.1. The standard InChI is InChI=1S/C26H25FN2O4.C23H23NO3.C23H22O4.C20H21ClO4.C19H19F2NO3.CH4/c1-15-12-19(23-21(28-15)14-22(31-2)24(32-3)25(23)33-4)18-13-17(10-11-20(18)27)29-26(30)16-8-6-5-7-9-16;1-14-11-18(17-10-9-15-7-5-6-8-16(15)12-17)21-19(24-14)13-20(25-2)22(26-3)23(21)27-4;1-25-20-12-15-11-16(24)13-19(21(15)23(27-3)22(20)26-2)18-10-6-8-14-7-4-5-9-17(14)18;1-11-5-6-13(21)9-15(11)16-10-14(22)7-12-8-17(23-2)19(24-3)20(25-4)18(12)16;1-10-7-13(12-8-11(20)5-6-14(12)21)17-15(22-10)9-16(23-2)18(24-3)19(17)25-4;/h5-11,13-14,19,28H,1,12H2,2-4H3,(H,29,30);5-10,12-13,18,24H,1,11H2,2-4H3;4-10,12,19H,11,13H2,1-3H3;5-6,8-9,16H,7,10H2,1-4H3;5-6,8-9,13,22H,1,7H2,2-4H3;1H4. The first-order valence-electron chi connectivity index (χ1n) is 44.1. The number of allylic oxidation sites excluding steroid dienone is 3. The van der Waals surface area contributed by atoms with Gasteiger partial charge in [-0.1, -0.05) is 148 Å². The molecule has 718 valence electrons. The molecule has 5 atom stereocenters. The number of anilines is 4. The fourth-order valence-electron chi connectivity index (χ4n) is 19.2. The van der Waals surface area contributed by atoms with Crippen molar-refractivity contribution in [1.82, 2.24) is 0 Å². The van der Waals surface area contributed by atoms with Gasteiger partial charge in [0, 0.05) is 152 Å². The van der Waals surface area contributed by atoms with Gasteiger partial charge < -0.3 is 92.3 Å². The lowest BCUT2D eigenvalue weighted by molar-refractivity contribution is -0.119. The molecule has 3 heterocycles. The van der Waals surface area contributed by atoms with E-state index < -0.39 is 29.3 Å². The zero-order chi connectivity index (χ0) is 97.7. The van der Waals surface area contributed by atoms with Crippen LogP contribution in [0.25, 0.3) is 21.5 Å². The highest BCUT2D eigenvalue weighted by molar-refractivity contribution is 6.30. The number of rotatable bonds is 22. The van der Waals surface area contributed by atoms with E-state index in [1.807, 2.05) is 67.6 Å². The molecule has 13 aromatic rings. The summed E-state index contributed by atoms with van der Waals surface area (Å²) in [6.07, 6.45) is 3.24. The number of benzene rings is 13.